The van der Waals surface area contributed by atoms with Gasteiger partial charge in [-0.15, -0.1) is 0 Å². The van der Waals surface area contributed by atoms with Gasteiger partial charge in [-0.2, -0.15) is 0 Å². The van der Waals surface area contributed by atoms with Crippen LogP contribution in [0.4, 0.5) is 13.6 Å². The molecule has 2 aliphatic rings. The molecule has 7 nitrogen and oxygen atoms in total. The third kappa shape index (κ3) is 5.66. The van der Waals surface area contributed by atoms with Crippen LogP contribution in [0.3, 0.4) is 0 Å². The van der Waals surface area contributed by atoms with E-state index < -0.39 is 47.2 Å². The number of fused-ring (bicyclic) bond motifs is 2. The van der Waals surface area contributed by atoms with Gasteiger partial charge in [-0.05, 0) is 69.1 Å². The lowest BCUT2D eigenvalue weighted by molar-refractivity contribution is -0.132. The van der Waals surface area contributed by atoms with E-state index in [-0.39, 0.29) is 29.5 Å². The molecule has 9 heteroatoms. The first kappa shape index (κ1) is 27.5. The van der Waals surface area contributed by atoms with Gasteiger partial charge in [0.15, 0.2) is 11.6 Å². The summed E-state index contributed by atoms with van der Waals surface area (Å²) in [6.45, 7) is 7.24. The molecule has 2 aromatic carbocycles. The molecule has 38 heavy (non-hydrogen) atoms. The Morgan fingerprint density at radius 1 is 1.08 bits per heavy atom. The molecule has 204 valence electrons. The van der Waals surface area contributed by atoms with Crippen LogP contribution in [-0.4, -0.2) is 46.5 Å². The van der Waals surface area contributed by atoms with E-state index in [9.17, 15) is 14.4 Å². The molecule has 0 spiro atoms. The number of amides is 3. The molecule has 3 amide bonds. The molecule has 4 atom stereocenters. The zero-order valence-electron chi connectivity index (χ0n) is 22.2. The monoisotopic (exact) mass is 527 g/mol. The Balaban J connectivity index is 1.52. The Bertz CT molecular complexity index is 1230. The quantitative estimate of drug-likeness (QED) is 0.554. The number of ether oxygens (including phenoxy) is 1. The average Bonchev–Trinajstić information content (AvgIpc) is 3.47. The molecule has 4 rings (SSSR count). The standard InChI is InChI=1S/C29H35F2N3O4/c1-5-16-6-8-17(9-7-16)21-13-11-18(23(30)24(21)31)15-22(26(32)35)33-27(36)25-19-10-12-20(14-19)34(25)28(37)38-29(2,3)4/h6-9,11,13,19-20,22,25H,5,10,12,14-15H2,1-4H3,(H2,32,35)(H,33,36)/t19-,20+,22-,25-/m0/s1. The van der Waals surface area contributed by atoms with Gasteiger partial charge in [0.1, 0.15) is 17.7 Å². The van der Waals surface area contributed by atoms with Crippen molar-refractivity contribution >= 4 is 17.9 Å². The van der Waals surface area contributed by atoms with Crippen LogP contribution in [0.25, 0.3) is 11.1 Å². The van der Waals surface area contributed by atoms with E-state index in [1.54, 1.807) is 32.9 Å². The fourth-order valence-electron chi connectivity index (χ4n) is 5.49. The van der Waals surface area contributed by atoms with Crippen LogP contribution in [0.2, 0.25) is 0 Å². The highest BCUT2D eigenvalue weighted by molar-refractivity contribution is 5.91. The predicted octanol–water partition coefficient (Wildman–Crippen LogP) is 4.49. The van der Waals surface area contributed by atoms with Gasteiger partial charge in [0.25, 0.3) is 0 Å². The number of hydrogen-bond acceptors (Lipinski definition) is 4. The molecular weight excluding hydrogens is 492 g/mol. The summed E-state index contributed by atoms with van der Waals surface area (Å²) in [5.41, 5.74) is 6.43. The van der Waals surface area contributed by atoms with Crippen LogP contribution in [0.1, 0.15) is 58.1 Å². The molecule has 1 heterocycles. The second kappa shape index (κ2) is 10.7. The molecule has 1 saturated carbocycles. The number of likely N-dealkylation sites (tertiary alicyclic amines) is 1. The summed E-state index contributed by atoms with van der Waals surface area (Å²) in [4.78, 5) is 39.9. The number of primary amides is 1. The normalized spacial score (nSPS) is 21.3. The van der Waals surface area contributed by atoms with Crippen LogP contribution in [-0.2, 0) is 27.2 Å². The van der Waals surface area contributed by atoms with Crippen molar-refractivity contribution in [1.29, 1.82) is 0 Å². The van der Waals surface area contributed by atoms with Crippen LogP contribution < -0.4 is 11.1 Å². The Hall–Kier alpha value is -3.49. The van der Waals surface area contributed by atoms with E-state index in [4.69, 9.17) is 10.5 Å². The number of nitrogens with one attached hydrogen (secondary N) is 1. The summed E-state index contributed by atoms with van der Waals surface area (Å²) in [5.74, 6) is -3.65. The number of hydrogen-bond donors (Lipinski definition) is 2. The number of nitrogens with zero attached hydrogens (tertiary/aromatic N) is 1. The second-order valence-corrected chi connectivity index (χ2v) is 11.2. The van der Waals surface area contributed by atoms with E-state index in [1.165, 1.54) is 17.0 Å². The Kier molecular flexibility index (Phi) is 7.76. The predicted molar refractivity (Wildman–Crippen MR) is 139 cm³/mol. The number of piperidine rings is 1. The molecule has 3 N–H and O–H groups in total. The highest BCUT2D eigenvalue weighted by Gasteiger charge is 2.52. The van der Waals surface area contributed by atoms with Crippen molar-refractivity contribution in [3.8, 4) is 11.1 Å². The lowest BCUT2D eigenvalue weighted by Crippen LogP contribution is -2.57. The maximum Gasteiger partial charge on any atom is 0.411 e. The number of benzene rings is 2. The van der Waals surface area contributed by atoms with E-state index in [0.29, 0.717) is 12.0 Å². The Morgan fingerprint density at radius 3 is 2.37 bits per heavy atom. The number of aryl methyl sites for hydroxylation is 1. The largest absolute Gasteiger partial charge is 0.444 e. The summed E-state index contributed by atoms with van der Waals surface area (Å²) in [6, 6.07) is 7.80. The third-order valence-electron chi connectivity index (χ3n) is 7.38. The van der Waals surface area contributed by atoms with Crippen molar-refractivity contribution in [1.82, 2.24) is 10.2 Å². The minimum atomic E-state index is -1.29. The van der Waals surface area contributed by atoms with Gasteiger partial charge in [-0.25, -0.2) is 13.6 Å². The topological polar surface area (TPSA) is 102 Å². The highest BCUT2D eigenvalue weighted by Crippen LogP contribution is 2.43. The van der Waals surface area contributed by atoms with Crippen LogP contribution >= 0.6 is 0 Å². The van der Waals surface area contributed by atoms with Crippen molar-refractivity contribution in [2.45, 2.75) is 83.5 Å². The minimum Gasteiger partial charge on any atom is -0.444 e. The molecule has 0 unspecified atom stereocenters. The zero-order chi connectivity index (χ0) is 27.8. The van der Waals surface area contributed by atoms with E-state index in [0.717, 1.165) is 24.8 Å². The third-order valence-corrected chi connectivity index (χ3v) is 7.38. The first-order valence-electron chi connectivity index (χ1n) is 13.1. The lowest BCUT2D eigenvalue weighted by atomic mass is 9.96. The number of carbonyl (C=O) groups is 3. The number of rotatable bonds is 7. The smallest absolute Gasteiger partial charge is 0.411 e. The molecule has 2 aromatic rings. The average molecular weight is 528 g/mol. The molecule has 0 aromatic heterocycles. The molecule has 1 aliphatic heterocycles. The molecular formula is C29H35F2N3O4. The first-order chi connectivity index (χ1) is 17.9. The van der Waals surface area contributed by atoms with Crippen molar-refractivity contribution < 1.29 is 27.9 Å². The van der Waals surface area contributed by atoms with Gasteiger partial charge >= 0.3 is 6.09 Å². The van der Waals surface area contributed by atoms with Gasteiger partial charge in [-0.1, -0.05) is 43.3 Å². The van der Waals surface area contributed by atoms with Gasteiger partial charge in [0, 0.05) is 18.0 Å². The SMILES string of the molecule is CCc1ccc(-c2ccc(C[C@H](NC(=O)[C@@H]3[C@H]4CC[C@H](C4)N3C(=O)OC(C)(C)C)C(N)=O)c(F)c2F)cc1. The van der Waals surface area contributed by atoms with Gasteiger partial charge in [0.05, 0.1) is 0 Å². The van der Waals surface area contributed by atoms with Crippen LogP contribution in [0.5, 0.6) is 0 Å². The number of carbonyl (C=O) groups excluding carboxylic acids is 3. The number of nitrogens with two attached hydrogens (primary N) is 1. The fraction of sp³-hybridized carbons (Fsp3) is 0.483. The fourth-order valence-corrected chi connectivity index (χ4v) is 5.49. The second-order valence-electron chi connectivity index (χ2n) is 11.2. The molecule has 1 saturated heterocycles. The van der Waals surface area contributed by atoms with Crippen molar-refractivity contribution in [2.75, 3.05) is 0 Å². The van der Waals surface area contributed by atoms with Gasteiger partial charge in [-0.3, -0.25) is 14.5 Å². The molecule has 0 radical (unpaired) electrons. The number of halogens is 2. The molecule has 1 aliphatic carbocycles. The molecule has 2 fully saturated rings. The van der Waals surface area contributed by atoms with E-state index in [1.807, 2.05) is 19.1 Å². The van der Waals surface area contributed by atoms with E-state index in [2.05, 4.69) is 5.32 Å². The summed E-state index contributed by atoms with van der Waals surface area (Å²) >= 11 is 0. The summed E-state index contributed by atoms with van der Waals surface area (Å²) in [7, 11) is 0. The maximum absolute atomic E-state index is 15.1. The van der Waals surface area contributed by atoms with Crippen molar-refractivity contribution in [3.05, 3.63) is 59.2 Å². The highest BCUT2D eigenvalue weighted by atomic mass is 19.2. The summed E-state index contributed by atoms with van der Waals surface area (Å²) in [5, 5.41) is 2.59. The minimum absolute atomic E-state index is 0.0754. The van der Waals surface area contributed by atoms with Gasteiger partial charge < -0.3 is 15.8 Å². The summed E-state index contributed by atoms with van der Waals surface area (Å²) in [6.07, 6.45) is 2.12. The van der Waals surface area contributed by atoms with Crippen molar-refractivity contribution in [3.63, 3.8) is 0 Å². The summed E-state index contributed by atoms with van der Waals surface area (Å²) < 4.78 is 35.6. The van der Waals surface area contributed by atoms with Gasteiger partial charge in [0.2, 0.25) is 11.8 Å². The Morgan fingerprint density at radius 2 is 1.76 bits per heavy atom. The van der Waals surface area contributed by atoms with Crippen molar-refractivity contribution in [2.24, 2.45) is 11.7 Å². The Labute approximate surface area is 221 Å². The van der Waals surface area contributed by atoms with Crippen LogP contribution in [0, 0.1) is 17.6 Å². The van der Waals surface area contributed by atoms with Crippen LogP contribution in [0.15, 0.2) is 36.4 Å². The zero-order valence-corrected chi connectivity index (χ0v) is 22.2. The molecule has 2 bridgehead atoms. The maximum atomic E-state index is 15.1. The first-order valence-corrected chi connectivity index (χ1v) is 13.1. The van der Waals surface area contributed by atoms with E-state index >= 15 is 8.78 Å². The lowest BCUT2D eigenvalue weighted by Gasteiger charge is -2.36.